The molecule has 0 aliphatic rings. The van der Waals surface area contributed by atoms with Crippen molar-refractivity contribution in [2.75, 3.05) is 12.4 Å². The monoisotopic (exact) mass is 304 g/mol. The van der Waals surface area contributed by atoms with Gasteiger partial charge in [-0.3, -0.25) is 4.79 Å². The molecule has 2 aromatic rings. The number of aromatic nitrogens is 1. The average molecular weight is 305 g/mol. The molecule has 1 aromatic heterocycles. The first kappa shape index (κ1) is 15.3. The van der Waals surface area contributed by atoms with Crippen LogP contribution in [0.5, 0.6) is 5.75 Å². The molecule has 4 nitrogen and oxygen atoms in total. The molecule has 0 aliphatic heterocycles. The topological polar surface area (TPSA) is 51.2 Å². The Bertz CT molecular complexity index is 656. The summed E-state index contributed by atoms with van der Waals surface area (Å²) in [6, 6.07) is 10.5. The van der Waals surface area contributed by atoms with Gasteiger partial charge in [-0.1, -0.05) is 31.5 Å². The maximum absolute atomic E-state index is 12.3. The standard InChI is InChI=1S/C16H17ClN2O2/c1-10(2)14-7-11(8-15(17)19-14)16(20)18-12-5-4-6-13(9-12)21-3/h4-10H,1-3H3,(H,18,20). The minimum Gasteiger partial charge on any atom is -0.497 e. The Morgan fingerprint density at radius 1 is 1.29 bits per heavy atom. The highest BCUT2D eigenvalue weighted by atomic mass is 35.5. The zero-order valence-electron chi connectivity index (χ0n) is 12.2. The van der Waals surface area contributed by atoms with Gasteiger partial charge in [-0.15, -0.1) is 0 Å². The van der Waals surface area contributed by atoms with E-state index in [0.717, 1.165) is 5.69 Å². The van der Waals surface area contributed by atoms with E-state index in [0.29, 0.717) is 22.2 Å². The number of rotatable bonds is 4. The van der Waals surface area contributed by atoms with E-state index in [1.807, 2.05) is 26.0 Å². The molecule has 1 heterocycles. The van der Waals surface area contributed by atoms with Gasteiger partial charge in [0.1, 0.15) is 10.9 Å². The molecule has 0 atom stereocenters. The van der Waals surface area contributed by atoms with Gasteiger partial charge in [0, 0.05) is 23.0 Å². The van der Waals surface area contributed by atoms with Gasteiger partial charge in [0.05, 0.1) is 7.11 Å². The fraction of sp³-hybridized carbons (Fsp3) is 0.250. The number of hydrogen-bond acceptors (Lipinski definition) is 3. The predicted octanol–water partition coefficient (Wildman–Crippen LogP) is 4.12. The summed E-state index contributed by atoms with van der Waals surface area (Å²) in [7, 11) is 1.58. The van der Waals surface area contributed by atoms with E-state index in [1.54, 1.807) is 31.4 Å². The number of pyridine rings is 1. The second kappa shape index (κ2) is 6.59. The van der Waals surface area contributed by atoms with Crippen LogP contribution in [0.3, 0.4) is 0 Å². The summed E-state index contributed by atoms with van der Waals surface area (Å²) in [5.41, 5.74) is 1.94. The molecule has 1 N–H and O–H groups in total. The molecule has 1 amide bonds. The lowest BCUT2D eigenvalue weighted by Gasteiger charge is -2.10. The number of hydrogen-bond donors (Lipinski definition) is 1. The molecule has 0 unspecified atom stereocenters. The van der Waals surface area contributed by atoms with Gasteiger partial charge in [-0.05, 0) is 30.2 Å². The van der Waals surface area contributed by atoms with E-state index in [9.17, 15) is 4.79 Å². The minimum absolute atomic E-state index is 0.201. The fourth-order valence-electron chi connectivity index (χ4n) is 1.85. The molecule has 0 radical (unpaired) electrons. The van der Waals surface area contributed by atoms with Crippen molar-refractivity contribution in [1.82, 2.24) is 4.98 Å². The number of benzene rings is 1. The maximum atomic E-state index is 12.3. The zero-order valence-corrected chi connectivity index (χ0v) is 12.9. The van der Waals surface area contributed by atoms with Crippen LogP contribution in [-0.4, -0.2) is 18.0 Å². The maximum Gasteiger partial charge on any atom is 0.255 e. The first-order valence-corrected chi connectivity index (χ1v) is 7.00. The molecule has 0 bridgehead atoms. The zero-order chi connectivity index (χ0) is 15.4. The van der Waals surface area contributed by atoms with E-state index >= 15 is 0 Å². The number of carbonyl (C=O) groups excluding carboxylic acids is 1. The van der Waals surface area contributed by atoms with Gasteiger partial charge >= 0.3 is 0 Å². The molecule has 0 saturated carbocycles. The quantitative estimate of drug-likeness (QED) is 0.864. The summed E-state index contributed by atoms with van der Waals surface area (Å²) in [4.78, 5) is 16.5. The number of anilines is 1. The van der Waals surface area contributed by atoms with Crippen LogP contribution in [0.4, 0.5) is 5.69 Å². The number of nitrogens with zero attached hydrogens (tertiary/aromatic N) is 1. The third kappa shape index (κ3) is 3.95. The summed E-state index contributed by atoms with van der Waals surface area (Å²) >= 11 is 5.98. The van der Waals surface area contributed by atoms with Gasteiger partial charge < -0.3 is 10.1 Å². The van der Waals surface area contributed by atoms with Crippen molar-refractivity contribution in [1.29, 1.82) is 0 Å². The highest BCUT2D eigenvalue weighted by molar-refractivity contribution is 6.29. The summed E-state index contributed by atoms with van der Waals surface area (Å²) in [6.07, 6.45) is 0. The normalized spacial score (nSPS) is 10.5. The molecular weight excluding hydrogens is 288 g/mol. The van der Waals surface area contributed by atoms with Crippen LogP contribution in [0.1, 0.15) is 35.8 Å². The van der Waals surface area contributed by atoms with Crippen molar-refractivity contribution in [3.05, 3.63) is 52.8 Å². The van der Waals surface area contributed by atoms with Crippen molar-refractivity contribution in [3.8, 4) is 5.75 Å². The third-order valence-electron chi connectivity index (χ3n) is 3.00. The number of ether oxygens (including phenoxy) is 1. The van der Waals surface area contributed by atoms with Gasteiger partial charge in [0.15, 0.2) is 0 Å². The van der Waals surface area contributed by atoms with Crippen LogP contribution in [-0.2, 0) is 0 Å². The number of nitrogens with one attached hydrogen (secondary N) is 1. The van der Waals surface area contributed by atoms with Crippen LogP contribution < -0.4 is 10.1 Å². The summed E-state index contributed by atoms with van der Waals surface area (Å²) in [6.45, 7) is 4.00. The van der Waals surface area contributed by atoms with Gasteiger partial charge in [0.25, 0.3) is 5.91 Å². The molecule has 1 aromatic carbocycles. The SMILES string of the molecule is COc1cccc(NC(=O)c2cc(Cl)nc(C(C)C)c2)c1. The Balaban J connectivity index is 2.23. The third-order valence-corrected chi connectivity index (χ3v) is 3.19. The van der Waals surface area contributed by atoms with E-state index in [2.05, 4.69) is 10.3 Å². The molecule has 0 aliphatic carbocycles. The van der Waals surface area contributed by atoms with Crippen LogP contribution in [0.15, 0.2) is 36.4 Å². The van der Waals surface area contributed by atoms with Crippen molar-refractivity contribution >= 4 is 23.2 Å². The summed E-state index contributed by atoms with van der Waals surface area (Å²) < 4.78 is 5.13. The van der Waals surface area contributed by atoms with Crippen molar-refractivity contribution in [2.24, 2.45) is 0 Å². The van der Waals surface area contributed by atoms with E-state index in [1.165, 1.54) is 0 Å². The lowest BCUT2D eigenvalue weighted by molar-refractivity contribution is 0.102. The Morgan fingerprint density at radius 3 is 2.71 bits per heavy atom. The fourth-order valence-corrected chi connectivity index (χ4v) is 2.06. The van der Waals surface area contributed by atoms with Gasteiger partial charge in [-0.2, -0.15) is 0 Å². The van der Waals surface area contributed by atoms with Crippen LogP contribution in [0, 0.1) is 0 Å². The molecule has 5 heteroatoms. The first-order chi connectivity index (χ1) is 9.99. The van der Waals surface area contributed by atoms with E-state index in [4.69, 9.17) is 16.3 Å². The number of methoxy groups -OCH3 is 1. The van der Waals surface area contributed by atoms with E-state index in [-0.39, 0.29) is 11.8 Å². The molecular formula is C16H17ClN2O2. The second-order valence-electron chi connectivity index (χ2n) is 4.94. The second-order valence-corrected chi connectivity index (χ2v) is 5.33. The Labute approximate surface area is 129 Å². The number of carbonyl (C=O) groups is 1. The minimum atomic E-state index is -0.227. The lowest BCUT2D eigenvalue weighted by atomic mass is 10.1. The smallest absolute Gasteiger partial charge is 0.255 e. The molecule has 2 rings (SSSR count). The predicted molar refractivity (Wildman–Crippen MR) is 84.3 cm³/mol. The summed E-state index contributed by atoms with van der Waals surface area (Å²) in [5, 5.41) is 3.14. The van der Waals surface area contributed by atoms with Crippen LogP contribution >= 0.6 is 11.6 Å². The largest absolute Gasteiger partial charge is 0.497 e. The summed E-state index contributed by atoms with van der Waals surface area (Å²) in [5.74, 6) is 0.657. The Morgan fingerprint density at radius 2 is 2.05 bits per heavy atom. The molecule has 0 saturated heterocycles. The van der Waals surface area contributed by atoms with E-state index < -0.39 is 0 Å². The van der Waals surface area contributed by atoms with Crippen molar-refractivity contribution in [3.63, 3.8) is 0 Å². The first-order valence-electron chi connectivity index (χ1n) is 6.62. The van der Waals surface area contributed by atoms with Crippen LogP contribution in [0.2, 0.25) is 5.15 Å². The van der Waals surface area contributed by atoms with Crippen molar-refractivity contribution < 1.29 is 9.53 Å². The van der Waals surface area contributed by atoms with Gasteiger partial charge in [0.2, 0.25) is 0 Å². The van der Waals surface area contributed by atoms with Crippen molar-refractivity contribution in [2.45, 2.75) is 19.8 Å². The molecule has 21 heavy (non-hydrogen) atoms. The van der Waals surface area contributed by atoms with Gasteiger partial charge in [-0.25, -0.2) is 4.98 Å². The van der Waals surface area contributed by atoms with Crippen LogP contribution in [0.25, 0.3) is 0 Å². The number of amides is 1. The Kier molecular flexibility index (Phi) is 4.81. The molecule has 110 valence electrons. The lowest BCUT2D eigenvalue weighted by Crippen LogP contribution is -2.13. The Hall–Kier alpha value is -2.07. The average Bonchev–Trinajstić information content (AvgIpc) is 2.46. The highest BCUT2D eigenvalue weighted by Crippen LogP contribution is 2.20. The highest BCUT2D eigenvalue weighted by Gasteiger charge is 2.11. The molecule has 0 spiro atoms. The number of halogens is 1. The molecule has 0 fully saturated rings.